The van der Waals surface area contributed by atoms with Gasteiger partial charge in [0.05, 0.1) is 5.52 Å². The molecule has 1 atom stereocenters. The van der Waals surface area contributed by atoms with E-state index < -0.39 is 0 Å². The van der Waals surface area contributed by atoms with Crippen molar-refractivity contribution in [3.63, 3.8) is 0 Å². The maximum absolute atomic E-state index is 6.36. The molecule has 0 aliphatic heterocycles. The van der Waals surface area contributed by atoms with E-state index in [1.807, 2.05) is 36.7 Å². The van der Waals surface area contributed by atoms with Crippen LogP contribution in [-0.4, -0.2) is 9.97 Å². The minimum absolute atomic E-state index is 0.0168. The van der Waals surface area contributed by atoms with Gasteiger partial charge in [0, 0.05) is 30.0 Å². The third-order valence-corrected chi connectivity index (χ3v) is 3.55. The van der Waals surface area contributed by atoms with Gasteiger partial charge in [0.25, 0.3) is 0 Å². The Balaban J connectivity index is 1.80. The number of fused-ring (bicyclic) bond motifs is 1. The fraction of sp³-hybridized carbons (Fsp3) is 0.176. The summed E-state index contributed by atoms with van der Waals surface area (Å²) in [6.07, 6.45) is 7.34. The van der Waals surface area contributed by atoms with Gasteiger partial charge in [-0.25, -0.2) is 0 Å². The summed E-state index contributed by atoms with van der Waals surface area (Å²) >= 11 is 0. The second kappa shape index (κ2) is 5.80. The molecule has 3 aromatic rings. The first kappa shape index (κ1) is 12.8. The third-order valence-electron chi connectivity index (χ3n) is 3.55. The van der Waals surface area contributed by atoms with Gasteiger partial charge >= 0.3 is 0 Å². The van der Waals surface area contributed by atoms with Crippen LogP contribution < -0.4 is 5.73 Å². The zero-order valence-corrected chi connectivity index (χ0v) is 11.2. The number of hydrogen-bond acceptors (Lipinski definition) is 3. The van der Waals surface area contributed by atoms with Crippen LogP contribution in [0.4, 0.5) is 0 Å². The smallest absolute Gasteiger partial charge is 0.0705 e. The Morgan fingerprint density at radius 2 is 1.90 bits per heavy atom. The summed E-state index contributed by atoms with van der Waals surface area (Å²) < 4.78 is 0. The lowest BCUT2D eigenvalue weighted by molar-refractivity contribution is 0.655. The molecule has 3 heteroatoms. The van der Waals surface area contributed by atoms with Gasteiger partial charge in [-0.3, -0.25) is 9.97 Å². The lowest BCUT2D eigenvalue weighted by Gasteiger charge is -2.14. The van der Waals surface area contributed by atoms with Crippen LogP contribution in [0.2, 0.25) is 0 Å². The molecule has 100 valence electrons. The first-order chi connectivity index (χ1) is 9.84. The minimum Gasteiger partial charge on any atom is -0.324 e. The molecule has 0 aliphatic rings. The largest absolute Gasteiger partial charge is 0.324 e. The average Bonchev–Trinajstić information content (AvgIpc) is 2.53. The van der Waals surface area contributed by atoms with Crippen molar-refractivity contribution in [2.24, 2.45) is 5.73 Å². The first-order valence-electron chi connectivity index (χ1n) is 6.83. The molecule has 1 aromatic carbocycles. The van der Waals surface area contributed by atoms with Gasteiger partial charge in [-0.15, -0.1) is 0 Å². The topological polar surface area (TPSA) is 51.8 Å². The molecule has 0 amide bonds. The predicted octanol–water partition coefficient (Wildman–Crippen LogP) is 3.26. The van der Waals surface area contributed by atoms with E-state index in [0.717, 1.165) is 23.7 Å². The molecule has 3 rings (SSSR count). The molecule has 0 aliphatic carbocycles. The highest BCUT2D eigenvalue weighted by Crippen LogP contribution is 2.24. The Hall–Kier alpha value is -2.26. The number of aryl methyl sites for hydroxylation is 1. The third kappa shape index (κ3) is 2.68. The van der Waals surface area contributed by atoms with Crippen LogP contribution in [0, 0.1) is 0 Å². The van der Waals surface area contributed by atoms with E-state index in [0.29, 0.717) is 0 Å². The van der Waals surface area contributed by atoms with Gasteiger partial charge < -0.3 is 5.73 Å². The number of hydrogen-bond donors (Lipinski definition) is 1. The van der Waals surface area contributed by atoms with Crippen LogP contribution in [0.3, 0.4) is 0 Å². The Morgan fingerprint density at radius 3 is 2.75 bits per heavy atom. The van der Waals surface area contributed by atoms with Gasteiger partial charge in [-0.05, 0) is 42.2 Å². The van der Waals surface area contributed by atoms with Crippen molar-refractivity contribution < 1.29 is 0 Å². The van der Waals surface area contributed by atoms with Crippen LogP contribution in [0.5, 0.6) is 0 Å². The molecular formula is C17H17N3. The molecule has 0 fully saturated rings. The number of pyridine rings is 2. The van der Waals surface area contributed by atoms with Crippen LogP contribution in [0.25, 0.3) is 10.9 Å². The molecule has 1 unspecified atom stereocenters. The highest BCUT2D eigenvalue weighted by molar-refractivity contribution is 5.82. The zero-order valence-electron chi connectivity index (χ0n) is 11.2. The second-order valence-electron chi connectivity index (χ2n) is 4.92. The number of benzene rings is 1. The van der Waals surface area contributed by atoms with E-state index in [9.17, 15) is 0 Å². The average molecular weight is 263 g/mol. The lowest BCUT2D eigenvalue weighted by atomic mass is 9.97. The van der Waals surface area contributed by atoms with Crippen molar-refractivity contribution in [2.75, 3.05) is 0 Å². The summed E-state index contributed by atoms with van der Waals surface area (Å²) in [5.74, 6) is 0. The molecule has 0 spiro atoms. The molecule has 2 N–H and O–H groups in total. The van der Waals surface area contributed by atoms with E-state index in [-0.39, 0.29) is 6.04 Å². The predicted molar refractivity (Wildman–Crippen MR) is 81.2 cm³/mol. The van der Waals surface area contributed by atoms with Crippen molar-refractivity contribution >= 4 is 10.9 Å². The molecule has 3 nitrogen and oxygen atoms in total. The summed E-state index contributed by atoms with van der Waals surface area (Å²) in [6, 6.07) is 14.2. The SMILES string of the molecule is NC(CCc1cccnc1)c1cccc2ncccc12. The molecule has 20 heavy (non-hydrogen) atoms. The van der Waals surface area contributed by atoms with Gasteiger partial charge in [-0.1, -0.05) is 24.3 Å². The molecule has 0 bridgehead atoms. The van der Waals surface area contributed by atoms with Crippen molar-refractivity contribution in [2.45, 2.75) is 18.9 Å². The highest BCUT2D eigenvalue weighted by Gasteiger charge is 2.10. The number of rotatable bonds is 4. The Bertz CT molecular complexity index is 689. The van der Waals surface area contributed by atoms with Gasteiger partial charge in [-0.2, -0.15) is 0 Å². The van der Waals surface area contributed by atoms with Gasteiger partial charge in [0.1, 0.15) is 0 Å². The number of nitrogens with zero attached hydrogens (tertiary/aromatic N) is 2. The molecule has 0 radical (unpaired) electrons. The van der Waals surface area contributed by atoms with E-state index in [2.05, 4.69) is 28.2 Å². The van der Waals surface area contributed by atoms with Gasteiger partial charge in [0.15, 0.2) is 0 Å². The highest BCUT2D eigenvalue weighted by atomic mass is 14.7. The zero-order chi connectivity index (χ0) is 13.8. The van der Waals surface area contributed by atoms with Crippen LogP contribution in [0.1, 0.15) is 23.6 Å². The van der Waals surface area contributed by atoms with Crippen LogP contribution in [0.15, 0.2) is 61.1 Å². The van der Waals surface area contributed by atoms with Gasteiger partial charge in [0.2, 0.25) is 0 Å². The first-order valence-corrected chi connectivity index (χ1v) is 6.83. The normalized spacial score (nSPS) is 12.4. The number of nitrogens with two attached hydrogens (primary N) is 1. The lowest BCUT2D eigenvalue weighted by Crippen LogP contribution is -2.12. The monoisotopic (exact) mass is 263 g/mol. The van der Waals surface area contributed by atoms with E-state index in [4.69, 9.17) is 5.73 Å². The molecular weight excluding hydrogens is 246 g/mol. The molecule has 2 heterocycles. The number of aromatic nitrogens is 2. The quantitative estimate of drug-likeness (QED) is 0.786. The minimum atomic E-state index is 0.0168. The summed E-state index contributed by atoms with van der Waals surface area (Å²) in [6.45, 7) is 0. The fourth-order valence-electron chi connectivity index (χ4n) is 2.47. The van der Waals surface area contributed by atoms with E-state index in [1.54, 1.807) is 6.20 Å². The summed E-state index contributed by atoms with van der Waals surface area (Å²) in [5, 5.41) is 1.15. The Morgan fingerprint density at radius 1 is 1.00 bits per heavy atom. The maximum atomic E-state index is 6.36. The summed E-state index contributed by atoms with van der Waals surface area (Å²) in [4.78, 5) is 8.51. The van der Waals surface area contributed by atoms with E-state index >= 15 is 0 Å². The van der Waals surface area contributed by atoms with Crippen molar-refractivity contribution in [3.8, 4) is 0 Å². The van der Waals surface area contributed by atoms with Crippen LogP contribution in [-0.2, 0) is 6.42 Å². The van der Waals surface area contributed by atoms with Crippen molar-refractivity contribution in [1.29, 1.82) is 0 Å². The standard InChI is InChI=1S/C17H17N3/c18-16(9-8-13-4-2-10-19-12-13)14-5-1-7-17-15(14)6-3-11-20-17/h1-7,10-12,16H,8-9,18H2. The van der Waals surface area contributed by atoms with Crippen LogP contribution >= 0.6 is 0 Å². The maximum Gasteiger partial charge on any atom is 0.0705 e. The summed E-state index contributed by atoms with van der Waals surface area (Å²) in [5.41, 5.74) is 9.75. The van der Waals surface area contributed by atoms with E-state index in [1.165, 1.54) is 11.1 Å². The second-order valence-corrected chi connectivity index (χ2v) is 4.92. The molecule has 0 saturated heterocycles. The molecule has 0 saturated carbocycles. The summed E-state index contributed by atoms with van der Waals surface area (Å²) in [7, 11) is 0. The van der Waals surface area contributed by atoms with Crippen molar-refractivity contribution in [3.05, 3.63) is 72.2 Å². The molecule has 2 aromatic heterocycles. The fourth-order valence-corrected chi connectivity index (χ4v) is 2.47. The Kier molecular flexibility index (Phi) is 3.70. The van der Waals surface area contributed by atoms with Crippen molar-refractivity contribution in [1.82, 2.24) is 9.97 Å². The Labute approximate surface area is 118 Å².